The van der Waals surface area contributed by atoms with Gasteiger partial charge in [0.15, 0.2) is 11.6 Å². The van der Waals surface area contributed by atoms with Crippen molar-refractivity contribution in [3.8, 4) is 5.75 Å². The highest BCUT2D eigenvalue weighted by Gasteiger charge is 2.48. The van der Waals surface area contributed by atoms with Crippen molar-refractivity contribution in [2.75, 3.05) is 5.32 Å². The quantitative estimate of drug-likeness (QED) is 0.373. The highest BCUT2D eigenvalue weighted by Crippen LogP contribution is 2.50. The number of nitrogens with two attached hydrogens (primary N) is 1. The molecule has 0 saturated carbocycles. The van der Waals surface area contributed by atoms with Crippen LogP contribution in [-0.2, 0) is 27.2 Å². The number of phenols is 1. The van der Waals surface area contributed by atoms with Crippen LogP contribution in [-0.4, -0.2) is 33.6 Å². The molecule has 5 rings (SSSR count). The van der Waals surface area contributed by atoms with Crippen molar-refractivity contribution in [3.05, 3.63) is 81.1 Å². The Kier molecular flexibility index (Phi) is 5.98. The molecule has 0 aromatic heterocycles. The Bertz CT molecular complexity index is 1430. The smallest absolute Gasteiger partial charge is 0.255 e. The number of primary amides is 1. The minimum absolute atomic E-state index is 0.119. The van der Waals surface area contributed by atoms with Gasteiger partial charge in [-0.1, -0.05) is 35.4 Å². The molecular weight excluding hydrogens is 472 g/mol. The molecule has 0 heterocycles. The molecule has 3 aliphatic carbocycles. The lowest BCUT2D eigenvalue weighted by Crippen LogP contribution is -2.43. The minimum Gasteiger partial charge on any atom is -0.511 e. The lowest BCUT2D eigenvalue weighted by Gasteiger charge is -2.42. The molecule has 3 aliphatic rings. The molecule has 0 aliphatic heterocycles. The molecule has 190 valence electrons. The zero-order valence-corrected chi connectivity index (χ0v) is 20.6. The third-order valence-electron chi connectivity index (χ3n) is 7.85. The maximum Gasteiger partial charge on any atom is 0.255 e. The topological polar surface area (TPSA) is 147 Å². The molecule has 0 saturated heterocycles. The number of amides is 2. The lowest BCUT2D eigenvalue weighted by atomic mass is 9.60. The van der Waals surface area contributed by atoms with Gasteiger partial charge >= 0.3 is 0 Å². The van der Waals surface area contributed by atoms with Crippen molar-refractivity contribution in [3.63, 3.8) is 0 Å². The van der Waals surface area contributed by atoms with Crippen LogP contribution in [0.4, 0.5) is 5.69 Å². The number of phenolic OH excluding ortho intramolecular Hbond substituents is 1. The highest BCUT2D eigenvalue weighted by atomic mass is 16.3. The second-order valence-corrected chi connectivity index (χ2v) is 10.3. The van der Waals surface area contributed by atoms with Gasteiger partial charge in [0, 0.05) is 23.6 Å². The molecular formula is C29H28N2O6. The summed E-state index contributed by atoms with van der Waals surface area (Å²) in [6, 6.07) is 10.6. The van der Waals surface area contributed by atoms with E-state index < -0.39 is 23.2 Å². The van der Waals surface area contributed by atoms with E-state index in [-0.39, 0.29) is 53.4 Å². The van der Waals surface area contributed by atoms with Crippen LogP contribution in [0.2, 0.25) is 0 Å². The van der Waals surface area contributed by atoms with Crippen molar-refractivity contribution >= 4 is 29.1 Å². The van der Waals surface area contributed by atoms with Crippen LogP contribution < -0.4 is 11.1 Å². The average Bonchev–Trinajstić information content (AvgIpc) is 2.81. The Morgan fingerprint density at radius 1 is 1.03 bits per heavy atom. The first kappa shape index (κ1) is 24.5. The maximum atomic E-state index is 13.7. The van der Waals surface area contributed by atoms with Gasteiger partial charge < -0.3 is 21.3 Å². The summed E-state index contributed by atoms with van der Waals surface area (Å²) >= 11 is 0. The van der Waals surface area contributed by atoms with Crippen LogP contribution in [0.5, 0.6) is 5.75 Å². The van der Waals surface area contributed by atoms with Crippen LogP contribution in [0.15, 0.2) is 58.9 Å². The Hall–Kier alpha value is -4.20. The van der Waals surface area contributed by atoms with E-state index >= 15 is 0 Å². The molecule has 0 fully saturated rings. The molecule has 2 aromatic rings. The number of allylic oxidation sites excluding steroid dienone is 3. The van der Waals surface area contributed by atoms with Crippen LogP contribution in [0, 0.1) is 24.7 Å². The summed E-state index contributed by atoms with van der Waals surface area (Å²) in [4.78, 5) is 51.4. The number of carbonyl (C=O) groups excluding carboxylic acids is 4. The number of anilines is 1. The van der Waals surface area contributed by atoms with Gasteiger partial charge in [-0.05, 0) is 61.8 Å². The second-order valence-electron chi connectivity index (χ2n) is 10.3. The molecule has 0 radical (unpaired) electrons. The number of fused-ring (bicyclic) bond motifs is 3. The summed E-state index contributed by atoms with van der Waals surface area (Å²) in [5.74, 6) is -3.94. The monoisotopic (exact) mass is 500 g/mol. The third-order valence-corrected chi connectivity index (χ3v) is 7.85. The van der Waals surface area contributed by atoms with Crippen molar-refractivity contribution in [1.82, 2.24) is 0 Å². The zero-order valence-electron chi connectivity index (χ0n) is 20.6. The zero-order chi connectivity index (χ0) is 26.6. The molecule has 37 heavy (non-hydrogen) atoms. The van der Waals surface area contributed by atoms with E-state index in [9.17, 15) is 29.4 Å². The van der Waals surface area contributed by atoms with Gasteiger partial charge in [-0.3, -0.25) is 19.2 Å². The van der Waals surface area contributed by atoms with Crippen molar-refractivity contribution < 1.29 is 29.4 Å². The van der Waals surface area contributed by atoms with Crippen LogP contribution in [0.1, 0.15) is 46.8 Å². The predicted octanol–water partition coefficient (Wildman–Crippen LogP) is 3.46. The Balaban J connectivity index is 1.49. The van der Waals surface area contributed by atoms with E-state index in [2.05, 4.69) is 5.32 Å². The number of benzene rings is 2. The third kappa shape index (κ3) is 4.12. The fourth-order valence-electron chi connectivity index (χ4n) is 6.22. The van der Waals surface area contributed by atoms with E-state index in [4.69, 9.17) is 5.73 Å². The number of aromatic hydroxyl groups is 1. The van der Waals surface area contributed by atoms with Gasteiger partial charge in [0.1, 0.15) is 17.1 Å². The van der Waals surface area contributed by atoms with Gasteiger partial charge in [-0.2, -0.15) is 0 Å². The number of aliphatic hydroxyl groups excluding tert-OH is 1. The number of hydrogen-bond donors (Lipinski definition) is 4. The van der Waals surface area contributed by atoms with E-state index in [0.717, 1.165) is 11.1 Å². The molecule has 2 amide bonds. The first-order chi connectivity index (χ1) is 17.6. The summed E-state index contributed by atoms with van der Waals surface area (Å²) in [5, 5.41) is 23.9. The molecule has 8 nitrogen and oxygen atoms in total. The van der Waals surface area contributed by atoms with Gasteiger partial charge in [0.05, 0.1) is 12.0 Å². The predicted molar refractivity (Wildman–Crippen MR) is 136 cm³/mol. The average molecular weight is 501 g/mol. The number of rotatable bonds is 4. The normalized spacial score (nSPS) is 22.8. The van der Waals surface area contributed by atoms with Crippen LogP contribution in [0.25, 0.3) is 0 Å². The van der Waals surface area contributed by atoms with Gasteiger partial charge in [-0.25, -0.2) is 0 Å². The van der Waals surface area contributed by atoms with Crippen LogP contribution in [0.3, 0.4) is 0 Å². The van der Waals surface area contributed by atoms with Crippen molar-refractivity contribution in [2.45, 2.75) is 39.5 Å². The van der Waals surface area contributed by atoms with E-state index in [1.54, 1.807) is 13.0 Å². The number of ketones is 2. The first-order valence-corrected chi connectivity index (χ1v) is 12.3. The molecule has 5 N–H and O–H groups in total. The second kappa shape index (κ2) is 9.03. The Labute approximate surface area is 213 Å². The largest absolute Gasteiger partial charge is 0.511 e. The lowest BCUT2D eigenvalue weighted by molar-refractivity contribution is -0.125. The fraction of sp³-hybridized carbons (Fsp3) is 0.310. The molecule has 0 spiro atoms. The summed E-state index contributed by atoms with van der Waals surface area (Å²) in [5.41, 5.74) is 9.03. The first-order valence-electron chi connectivity index (χ1n) is 12.3. The number of hydrogen-bond acceptors (Lipinski definition) is 6. The fourth-order valence-corrected chi connectivity index (χ4v) is 6.22. The molecule has 0 bridgehead atoms. The van der Waals surface area contributed by atoms with Gasteiger partial charge in [0.25, 0.3) is 5.91 Å². The number of Topliss-reactive ketones (excluding diaryl/α,β-unsaturated/α-hetero) is 2. The van der Waals surface area contributed by atoms with Crippen LogP contribution >= 0.6 is 0 Å². The molecule has 2 aromatic carbocycles. The standard InChI is InChI=1S/C29H28N2O6/c1-13-3-5-15(6-4-13)9-22(34)31-19-7-8-20(32)25-18(19)11-16-10-17-12-21(33)26(29(30)37)28(36)24(17)14(2)23(16)27(25)35/h3-8,16-17,24,32-33H,9-12H2,1-2H3,(H2,30,37)(H,31,34). The van der Waals surface area contributed by atoms with E-state index in [1.807, 2.05) is 31.2 Å². The highest BCUT2D eigenvalue weighted by molar-refractivity contribution is 6.22. The number of carbonyl (C=O) groups is 4. The Morgan fingerprint density at radius 3 is 2.41 bits per heavy atom. The van der Waals surface area contributed by atoms with Gasteiger partial charge in [-0.15, -0.1) is 0 Å². The minimum atomic E-state index is -0.982. The summed E-state index contributed by atoms with van der Waals surface area (Å²) in [7, 11) is 0. The van der Waals surface area contributed by atoms with Crippen molar-refractivity contribution in [1.29, 1.82) is 0 Å². The van der Waals surface area contributed by atoms with Crippen molar-refractivity contribution in [2.24, 2.45) is 23.5 Å². The molecule has 3 atom stereocenters. The molecule has 8 heteroatoms. The summed E-state index contributed by atoms with van der Waals surface area (Å²) < 4.78 is 0. The molecule has 3 unspecified atom stereocenters. The number of aryl methyl sites for hydroxylation is 1. The van der Waals surface area contributed by atoms with E-state index in [1.165, 1.54) is 6.07 Å². The number of nitrogens with one attached hydrogen (secondary N) is 1. The summed E-state index contributed by atoms with van der Waals surface area (Å²) in [6.45, 7) is 3.67. The Morgan fingerprint density at radius 2 is 1.73 bits per heavy atom. The summed E-state index contributed by atoms with van der Waals surface area (Å²) in [6.07, 6.45) is 1.11. The number of aliphatic hydroxyl groups is 1. The van der Waals surface area contributed by atoms with Gasteiger partial charge in [0.2, 0.25) is 5.91 Å². The van der Waals surface area contributed by atoms with E-state index in [0.29, 0.717) is 35.2 Å². The maximum absolute atomic E-state index is 13.7. The SMILES string of the molecule is CC1=C2C(=O)c3c(O)ccc(NC(=O)Cc4ccc(C)cc4)c3CC2CC2CC(O)=C(C(N)=O)C(=O)C12.